The van der Waals surface area contributed by atoms with E-state index in [-0.39, 0.29) is 5.91 Å². The third-order valence-corrected chi connectivity index (χ3v) is 6.08. The van der Waals surface area contributed by atoms with Gasteiger partial charge in [-0.3, -0.25) is 9.59 Å². The van der Waals surface area contributed by atoms with Crippen LogP contribution in [0.4, 0.5) is 5.69 Å². The van der Waals surface area contributed by atoms with Crippen molar-refractivity contribution in [2.24, 2.45) is 5.73 Å². The Morgan fingerprint density at radius 3 is 2.48 bits per heavy atom. The highest BCUT2D eigenvalue weighted by Gasteiger charge is 2.27. The maximum atomic E-state index is 13.4. The van der Waals surface area contributed by atoms with E-state index in [1.54, 1.807) is 36.9 Å². The predicted molar refractivity (Wildman–Crippen MR) is 122 cm³/mol. The van der Waals surface area contributed by atoms with E-state index in [1.807, 2.05) is 35.2 Å². The summed E-state index contributed by atoms with van der Waals surface area (Å²) < 4.78 is 7.20. The molecule has 0 saturated carbocycles. The molecule has 0 aliphatic carbocycles. The number of fused-ring (bicyclic) bond motifs is 1. The molecule has 7 nitrogen and oxygen atoms in total. The summed E-state index contributed by atoms with van der Waals surface area (Å²) in [6.07, 6.45) is 1.71. The first-order valence-corrected chi connectivity index (χ1v) is 10.5. The Kier molecular flexibility index (Phi) is 5.78. The number of benzene rings is 2. The predicted octanol–water partition coefficient (Wildman–Crippen LogP) is 3.31. The first-order chi connectivity index (χ1) is 14.9. The second-order valence-electron chi connectivity index (χ2n) is 7.64. The van der Waals surface area contributed by atoms with Crippen LogP contribution in [0, 0.1) is 0 Å². The van der Waals surface area contributed by atoms with Crippen LogP contribution in [-0.4, -0.2) is 54.6 Å². The van der Waals surface area contributed by atoms with Crippen molar-refractivity contribution < 1.29 is 14.3 Å². The van der Waals surface area contributed by atoms with Gasteiger partial charge in [0.25, 0.3) is 5.91 Å². The van der Waals surface area contributed by atoms with E-state index < -0.39 is 11.9 Å². The van der Waals surface area contributed by atoms with Crippen LogP contribution < -0.4 is 15.4 Å². The van der Waals surface area contributed by atoms with Crippen LogP contribution in [0.3, 0.4) is 0 Å². The van der Waals surface area contributed by atoms with Gasteiger partial charge in [-0.05, 0) is 31.2 Å². The molecule has 1 aliphatic rings. The van der Waals surface area contributed by atoms with Crippen molar-refractivity contribution in [3.63, 3.8) is 0 Å². The van der Waals surface area contributed by atoms with E-state index in [2.05, 4.69) is 4.90 Å². The number of anilines is 1. The molecule has 0 radical (unpaired) electrons. The topological polar surface area (TPSA) is 80.8 Å². The Labute approximate surface area is 185 Å². The standard InChI is InChI=1S/C23H25ClN4O3/c1-15(22(25)29)28-14-18(17-8-7-16(24)13-20(17)28)23(30)27-11-9-26(10-12-27)19-5-3-4-6-21(19)31-2/h3-8,13-15H,9-12H2,1-2H3,(H2,25,29). The minimum Gasteiger partial charge on any atom is -0.495 e. The molecule has 0 bridgehead atoms. The number of amides is 2. The number of methoxy groups -OCH3 is 1. The van der Waals surface area contributed by atoms with Crippen LogP contribution in [0.15, 0.2) is 48.7 Å². The molecule has 162 valence electrons. The lowest BCUT2D eigenvalue weighted by Crippen LogP contribution is -2.48. The van der Waals surface area contributed by atoms with Crippen LogP contribution in [-0.2, 0) is 4.79 Å². The second-order valence-corrected chi connectivity index (χ2v) is 8.08. The first kappa shape index (κ1) is 21.1. The summed E-state index contributed by atoms with van der Waals surface area (Å²) in [7, 11) is 1.66. The lowest BCUT2D eigenvalue weighted by atomic mass is 10.1. The average Bonchev–Trinajstić information content (AvgIpc) is 3.16. The number of ether oxygens (including phenoxy) is 1. The number of carbonyl (C=O) groups is 2. The summed E-state index contributed by atoms with van der Waals surface area (Å²) in [4.78, 5) is 29.2. The summed E-state index contributed by atoms with van der Waals surface area (Å²) in [5, 5.41) is 1.29. The monoisotopic (exact) mass is 440 g/mol. The number of piperazine rings is 1. The van der Waals surface area contributed by atoms with Gasteiger partial charge in [-0.25, -0.2) is 0 Å². The molecular formula is C23H25ClN4O3. The number of aromatic nitrogens is 1. The van der Waals surface area contributed by atoms with Gasteiger partial charge in [0, 0.05) is 42.8 Å². The summed E-state index contributed by atoms with van der Waals surface area (Å²) in [5.41, 5.74) is 7.81. The summed E-state index contributed by atoms with van der Waals surface area (Å²) >= 11 is 6.17. The first-order valence-electron chi connectivity index (χ1n) is 10.2. The maximum Gasteiger partial charge on any atom is 0.256 e. The maximum absolute atomic E-state index is 13.4. The van der Waals surface area contributed by atoms with Gasteiger partial charge in [-0.1, -0.05) is 29.8 Å². The van der Waals surface area contributed by atoms with Crippen molar-refractivity contribution in [3.05, 3.63) is 59.2 Å². The van der Waals surface area contributed by atoms with Gasteiger partial charge in [0.2, 0.25) is 5.91 Å². The van der Waals surface area contributed by atoms with E-state index in [0.29, 0.717) is 36.8 Å². The van der Waals surface area contributed by atoms with E-state index in [9.17, 15) is 9.59 Å². The quantitative estimate of drug-likeness (QED) is 0.660. The third kappa shape index (κ3) is 3.93. The zero-order valence-electron chi connectivity index (χ0n) is 17.5. The Bertz CT molecular complexity index is 1140. The minimum absolute atomic E-state index is 0.0672. The lowest BCUT2D eigenvalue weighted by Gasteiger charge is -2.36. The van der Waals surface area contributed by atoms with Crippen molar-refractivity contribution in [2.75, 3.05) is 38.2 Å². The molecule has 2 N–H and O–H groups in total. The number of carbonyl (C=O) groups excluding carboxylic acids is 2. The largest absolute Gasteiger partial charge is 0.495 e. The molecule has 1 aromatic heterocycles. The van der Waals surface area contributed by atoms with Crippen LogP contribution >= 0.6 is 11.6 Å². The van der Waals surface area contributed by atoms with Crippen molar-refractivity contribution >= 4 is 40.0 Å². The smallest absolute Gasteiger partial charge is 0.256 e. The Hall–Kier alpha value is -3.19. The normalized spacial score (nSPS) is 15.2. The molecule has 31 heavy (non-hydrogen) atoms. The highest BCUT2D eigenvalue weighted by atomic mass is 35.5. The number of nitrogens with zero attached hydrogens (tertiary/aromatic N) is 3. The number of halogens is 1. The Morgan fingerprint density at radius 1 is 1.10 bits per heavy atom. The minimum atomic E-state index is -0.593. The third-order valence-electron chi connectivity index (χ3n) is 5.85. The highest BCUT2D eigenvalue weighted by Crippen LogP contribution is 2.31. The molecule has 2 amide bonds. The van der Waals surface area contributed by atoms with Crippen LogP contribution in [0.2, 0.25) is 5.02 Å². The van der Waals surface area contributed by atoms with Crippen LogP contribution in [0.25, 0.3) is 10.9 Å². The highest BCUT2D eigenvalue weighted by molar-refractivity contribution is 6.31. The molecule has 2 aromatic carbocycles. The molecule has 1 unspecified atom stereocenters. The van der Waals surface area contributed by atoms with E-state index >= 15 is 0 Å². The van der Waals surface area contributed by atoms with Gasteiger partial charge in [0.1, 0.15) is 11.8 Å². The van der Waals surface area contributed by atoms with Gasteiger partial charge in [-0.2, -0.15) is 0 Å². The molecule has 1 fully saturated rings. The van der Waals surface area contributed by atoms with E-state index in [1.165, 1.54) is 0 Å². The van der Waals surface area contributed by atoms with Crippen LogP contribution in [0.1, 0.15) is 23.3 Å². The molecule has 1 saturated heterocycles. The van der Waals surface area contributed by atoms with Crippen molar-refractivity contribution in [1.29, 1.82) is 0 Å². The van der Waals surface area contributed by atoms with Gasteiger partial charge in [0.05, 0.1) is 23.9 Å². The van der Waals surface area contributed by atoms with E-state index in [0.717, 1.165) is 22.3 Å². The summed E-state index contributed by atoms with van der Waals surface area (Å²) in [5.74, 6) is 0.284. The zero-order chi connectivity index (χ0) is 22.1. The van der Waals surface area contributed by atoms with Gasteiger partial charge in [0.15, 0.2) is 0 Å². The summed E-state index contributed by atoms with van der Waals surface area (Å²) in [6.45, 7) is 4.29. The van der Waals surface area contributed by atoms with Crippen molar-refractivity contribution in [1.82, 2.24) is 9.47 Å². The lowest BCUT2D eigenvalue weighted by molar-refractivity contribution is -0.120. The second kappa shape index (κ2) is 8.51. The van der Waals surface area contributed by atoms with Crippen molar-refractivity contribution in [2.45, 2.75) is 13.0 Å². The fraction of sp³-hybridized carbons (Fsp3) is 0.304. The molecule has 3 aromatic rings. The number of para-hydroxylation sites is 2. The molecule has 1 aliphatic heterocycles. The summed E-state index contributed by atoms with van der Waals surface area (Å²) in [6, 6.07) is 12.6. The number of nitrogens with two attached hydrogens (primary N) is 1. The Morgan fingerprint density at radius 2 is 1.81 bits per heavy atom. The molecular weight excluding hydrogens is 416 g/mol. The van der Waals surface area contributed by atoms with Gasteiger partial charge in [-0.15, -0.1) is 0 Å². The Balaban J connectivity index is 1.59. The molecule has 2 heterocycles. The van der Waals surface area contributed by atoms with Gasteiger partial charge < -0.3 is 24.8 Å². The zero-order valence-corrected chi connectivity index (χ0v) is 18.3. The van der Waals surface area contributed by atoms with Gasteiger partial charge >= 0.3 is 0 Å². The molecule has 4 rings (SSSR count). The molecule has 0 spiro atoms. The number of hydrogen-bond donors (Lipinski definition) is 1. The molecule has 8 heteroatoms. The average molecular weight is 441 g/mol. The fourth-order valence-electron chi connectivity index (χ4n) is 4.06. The fourth-order valence-corrected chi connectivity index (χ4v) is 4.23. The van der Waals surface area contributed by atoms with Crippen LogP contribution in [0.5, 0.6) is 5.75 Å². The van der Waals surface area contributed by atoms with Crippen molar-refractivity contribution in [3.8, 4) is 5.75 Å². The number of hydrogen-bond acceptors (Lipinski definition) is 4. The molecule has 1 atom stereocenters. The SMILES string of the molecule is COc1ccccc1N1CCN(C(=O)c2cn(C(C)C(N)=O)c3cc(Cl)ccc23)CC1. The van der Waals surface area contributed by atoms with E-state index in [4.69, 9.17) is 22.1 Å². The number of primary amides is 1. The number of rotatable bonds is 5.